The Morgan fingerprint density at radius 1 is 1.05 bits per heavy atom. The topological polar surface area (TPSA) is 178 Å². The van der Waals surface area contributed by atoms with E-state index < -0.39 is 5.91 Å². The van der Waals surface area contributed by atoms with Crippen LogP contribution in [0, 0.1) is 17.7 Å². The summed E-state index contributed by atoms with van der Waals surface area (Å²) in [5.41, 5.74) is 15.6. The van der Waals surface area contributed by atoms with Gasteiger partial charge in [0.15, 0.2) is 11.6 Å². The normalized spacial score (nSPS) is 17.6. The molecular formula is C31H44N12O. The van der Waals surface area contributed by atoms with Crippen LogP contribution in [0.5, 0.6) is 0 Å². The minimum atomic E-state index is -0.419. The molecule has 2 fully saturated rings. The number of hydrogen-bond acceptors (Lipinski definition) is 12. The number of likely N-dealkylation sites (N-methyl/N-ethyl adjacent to an activating group) is 1. The van der Waals surface area contributed by atoms with Crippen LogP contribution in [0.2, 0.25) is 0 Å². The van der Waals surface area contributed by atoms with Crippen LogP contribution in [-0.4, -0.2) is 93.8 Å². The number of amidine groups is 1. The van der Waals surface area contributed by atoms with Crippen molar-refractivity contribution in [1.82, 2.24) is 35.1 Å². The molecule has 0 saturated carbocycles. The molecule has 0 unspecified atom stereocenters. The van der Waals surface area contributed by atoms with Crippen LogP contribution >= 0.6 is 0 Å². The van der Waals surface area contributed by atoms with Gasteiger partial charge in [0.2, 0.25) is 5.95 Å². The highest BCUT2D eigenvalue weighted by Gasteiger charge is 2.28. The maximum absolute atomic E-state index is 13.0. The number of allylic oxidation sites excluding steroid dienone is 1. The molecule has 0 spiro atoms. The maximum Gasteiger partial charge on any atom is 0.256 e. The predicted octanol–water partition coefficient (Wildman–Crippen LogP) is 2.87. The van der Waals surface area contributed by atoms with Crippen molar-refractivity contribution in [3.8, 4) is 0 Å². The van der Waals surface area contributed by atoms with Crippen LogP contribution in [0.1, 0.15) is 49.5 Å². The number of anilines is 4. The Balaban J connectivity index is 1.33. The molecule has 13 nitrogen and oxygen atoms in total. The number of benzene rings is 1. The van der Waals surface area contributed by atoms with E-state index in [1.807, 2.05) is 33.8 Å². The van der Waals surface area contributed by atoms with Gasteiger partial charge in [-0.25, -0.2) is 15.0 Å². The zero-order valence-corrected chi connectivity index (χ0v) is 26.3. The molecule has 2 saturated heterocycles. The third kappa shape index (κ3) is 7.05. The molecule has 234 valence electrons. The second-order valence-corrected chi connectivity index (χ2v) is 12.8. The van der Waals surface area contributed by atoms with Gasteiger partial charge in [-0.3, -0.25) is 15.1 Å². The van der Waals surface area contributed by atoms with Crippen LogP contribution in [0.25, 0.3) is 11.0 Å². The van der Waals surface area contributed by atoms with Crippen LogP contribution < -0.4 is 27.0 Å². The van der Waals surface area contributed by atoms with Crippen molar-refractivity contribution >= 4 is 46.0 Å². The number of amides is 1. The molecule has 2 aliphatic rings. The number of nitrogens with zero attached hydrogens (tertiary/aromatic N) is 7. The zero-order chi connectivity index (χ0) is 31.6. The lowest BCUT2D eigenvalue weighted by molar-refractivity contribution is 0.0977. The number of carbonyl (C=O) groups is 1. The smallest absolute Gasteiger partial charge is 0.256 e. The summed E-state index contributed by atoms with van der Waals surface area (Å²) in [6.07, 6.45) is 4.98. The SMILES string of the molecule is Cc1ccc(C(=O)NC(=N)C=C(N)C(C)(C)C)cc1Nc1ncnc2c(N)nc(N3CCC(N4CCN(C)CC4)CC3)nc12. The van der Waals surface area contributed by atoms with Gasteiger partial charge >= 0.3 is 0 Å². The van der Waals surface area contributed by atoms with E-state index in [0.29, 0.717) is 51.6 Å². The van der Waals surface area contributed by atoms with Gasteiger partial charge in [0, 0.05) is 67.7 Å². The zero-order valence-electron chi connectivity index (χ0n) is 26.3. The minimum Gasteiger partial charge on any atom is -0.401 e. The van der Waals surface area contributed by atoms with E-state index in [1.54, 1.807) is 12.1 Å². The van der Waals surface area contributed by atoms with Crippen LogP contribution in [0.4, 0.5) is 23.3 Å². The number of piperidine rings is 1. The van der Waals surface area contributed by atoms with Crippen molar-refractivity contribution in [3.05, 3.63) is 47.4 Å². The summed E-state index contributed by atoms with van der Waals surface area (Å²) >= 11 is 0. The number of nitrogens with one attached hydrogen (secondary N) is 3. The molecule has 2 aromatic heterocycles. The fraction of sp³-hybridized carbons (Fsp3) is 0.484. The number of fused-ring (bicyclic) bond motifs is 1. The Hall–Kier alpha value is -4.36. The molecule has 0 aliphatic carbocycles. The van der Waals surface area contributed by atoms with Crippen LogP contribution in [-0.2, 0) is 0 Å². The highest BCUT2D eigenvalue weighted by atomic mass is 16.1. The predicted molar refractivity (Wildman–Crippen MR) is 175 cm³/mol. The number of piperazine rings is 1. The highest BCUT2D eigenvalue weighted by molar-refractivity contribution is 6.09. The average molecular weight is 601 g/mol. The van der Waals surface area contributed by atoms with Gasteiger partial charge in [-0.05, 0) is 50.6 Å². The van der Waals surface area contributed by atoms with E-state index in [-0.39, 0.29) is 11.3 Å². The molecule has 4 heterocycles. The van der Waals surface area contributed by atoms with Crippen molar-refractivity contribution in [2.75, 3.05) is 62.3 Å². The van der Waals surface area contributed by atoms with Crippen molar-refractivity contribution in [3.63, 3.8) is 0 Å². The quantitative estimate of drug-likeness (QED) is 0.208. The van der Waals surface area contributed by atoms with Gasteiger partial charge in [0.05, 0.1) is 0 Å². The first-order chi connectivity index (χ1) is 20.9. The van der Waals surface area contributed by atoms with Gasteiger partial charge in [-0.15, -0.1) is 0 Å². The minimum absolute atomic E-state index is 0.0772. The number of hydrogen-bond donors (Lipinski definition) is 5. The molecular weight excluding hydrogens is 556 g/mol. The standard InChI is InChI=1S/C31H44N12O/c1-19-6-7-20(29(44)38-24(33)17-23(32)31(2,3)4)16-22(19)37-28-26-25(35-18-36-28)27(34)40-30(39-26)43-10-8-21(9-11-43)42-14-12-41(5)13-15-42/h6-7,16-18,21H,8-15,32H2,1-5H3,(H2,33,38,44)(H2,34,39,40)(H,35,36,37). The molecule has 44 heavy (non-hydrogen) atoms. The van der Waals surface area contributed by atoms with Crippen molar-refractivity contribution < 1.29 is 4.79 Å². The summed E-state index contributed by atoms with van der Waals surface area (Å²) in [7, 11) is 2.18. The molecule has 0 radical (unpaired) electrons. The Labute approximate surface area is 258 Å². The van der Waals surface area contributed by atoms with E-state index in [0.717, 1.165) is 57.7 Å². The van der Waals surface area contributed by atoms with E-state index in [4.69, 9.17) is 21.9 Å². The Morgan fingerprint density at radius 3 is 2.43 bits per heavy atom. The Kier molecular flexibility index (Phi) is 8.97. The first kappa shape index (κ1) is 31.1. The molecule has 0 bridgehead atoms. The Morgan fingerprint density at radius 2 is 1.75 bits per heavy atom. The fourth-order valence-electron chi connectivity index (χ4n) is 5.44. The fourth-order valence-corrected chi connectivity index (χ4v) is 5.44. The van der Waals surface area contributed by atoms with Gasteiger partial charge in [-0.1, -0.05) is 26.8 Å². The number of nitrogen functional groups attached to an aromatic ring is 1. The molecule has 3 aromatic rings. The second kappa shape index (κ2) is 12.7. The summed E-state index contributed by atoms with van der Waals surface area (Å²) in [6, 6.07) is 5.84. The first-order valence-electron chi connectivity index (χ1n) is 15.1. The van der Waals surface area contributed by atoms with Gasteiger partial charge in [0.1, 0.15) is 23.2 Å². The number of rotatable bonds is 6. The second-order valence-electron chi connectivity index (χ2n) is 12.8. The number of nitrogens with two attached hydrogens (primary N) is 2. The van der Waals surface area contributed by atoms with Crippen molar-refractivity contribution in [2.24, 2.45) is 11.1 Å². The lowest BCUT2D eigenvalue weighted by Gasteiger charge is -2.42. The number of carbonyl (C=O) groups excluding carboxylic acids is 1. The lowest BCUT2D eigenvalue weighted by Crippen LogP contribution is -2.52. The summed E-state index contributed by atoms with van der Waals surface area (Å²) in [5.74, 6) is 0.828. The lowest BCUT2D eigenvalue weighted by atomic mass is 9.92. The molecule has 1 amide bonds. The highest BCUT2D eigenvalue weighted by Crippen LogP contribution is 2.29. The number of aryl methyl sites for hydroxylation is 1. The molecule has 2 aliphatic heterocycles. The largest absolute Gasteiger partial charge is 0.401 e. The van der Waals surface area contributed by atoms with Gasteiger partial charge < -0.3 is 31.9 Å². The third-order valence-corrected chi connectivity index (χ3v) is 8.47. The third-order valence-electron chi connectivity index (χ3n) is 8.47. The molecule has 0 atom stereocenters. The summed E-state index contributed by atoms with van der Waals surface area (Å²) in [4.78, 5) is 38.5. The first-order valence-corrected chi connectivity index (χ1v) is 15.1. The monoisotopic (exact) mass is 600 g/mol. The molecule has 1 aromatic carbocycles. The molecule has 13 heteroatoms. The van der Waals surface area contributed by atoms with E-state index >= 15 is 0 Å². The average Bonchev–Trinajstić information content (AvgIpc) is 2.98. The molecule has 7 N–H and O–H groups in total. The number of aromatic nitrogens is 4. The Bertz CT molecular complexity index is 1560. The van der Waals surface area contributed by atoms with E-state index in [9.17, 15) is 4.79 Å². The van der Waals surface area contributed by atoms with Crippen LogP contribution in [0.3, 0.4) is 0 Å². The van der Waals surface area contributed by atoms with Gasteiger partial charge in [0.25, 0.3) is 5.91 Å². The van der Waals surface area contributed by atoms with E-state index in [2.05, 4.69) is 47.3 Å². The van der Waals surface area contributed by atoms with Gasteiger partial charge in [-0.2, -0.15) is 4.98 Å². The summed E-state index contributed by atoms with van der Waals surface area (Å²) in [6.45, 7) is 13.9. The van der Waals surface area contributed by atoms with Crippen molar-refractivity contribution in [1.29, 1.82) is 5.41 Å². The van der Waals surface area contributed by atoms with Crippen molar-refractivity contribution in [2.45, 2.75) is 46.6 Å². The summed E-state index contributed by atoms with van der Waals surface area (Å²) in [5, 5.41) is 14.1. The van der Waals surface area contributed by atoms with Crippen LogP contribution in [0.15, 0.2) is 36.3 Å². The van der Waals surface area contributed by atoms with E-state index in [1.165, 1.54) is 12.4 Å². The maximum atomic E-state index is 13.0. The summed E-state index contributed by atoms with van der Waals surface area (Å²) < 4.78 is 0. The molecule has 5 rings (SSSR count).